The van der Waals surface area contributed by atoms with Crippen LogP contribution < -0.4 is 9.47 Å². The lowest BCUT2D eigenvalue weighted by molar-refractivity contribution is 0.302. The van der Waals surface area contributed by atoms with E-state index in [1.165, 1.54) is 0 Å². The van der Waals surface area contributed by atoms with Crippen molar-refractivity contribution in [1.82, 2.24) is 0 Å². The van der Waals surface area contributed by atoms with E-state index in [1.807, 2.05) is 42.5 Å². The topological polar surface area (TPSA) is 18.5 Å². The van der Waals surface area contributed by atoms with Gasteiger partial charge in [0.1, 0.15) is 5.75 Å². The summed E-state index contributed by atoms with van der Waals surface area (Å²) in [5.41, 5.74) is 1.04. The fraction of sp³-hybridized carbons (Fsp3) is 0.250. The van der Waals surface area contributed by atoms with Crippen molar-refractivity contribution in [2.45, 2.75) is 19.2 Å². The Bertz CT molecular complexity index is 572. The second-order valence-electron chi connectivity index (χ2n) is 4.28. The van der Waals surface area contributed by atoms with E-state index in [2.05, 4.69) is 22.9 Å². The zero-order valence-electron chi connectivity index (χ0n) is 11.2. The van der Waals surface area contributed by atoms with Crippen LogP contribution >= 0.6 is 27.5 Å². The number of para-hydroxylation sites is 2. The molecule has 106 valence electrons. The molecule has 4 heteroatoms. The summed E-state index contributed by atoms with van der Waals surface area (Å²) in [7, 11) is 0. The maximum Gasteiger partial charge on any atom is 0.169 e. The lowest BCUT2D eigenvalue weighted by atomic mass is 10.2. The molecule has 0 aliphatic carbocycles. The number of benzene rings is 2. The van der Waals surface area contributed by atoms with Gasteiger partial charge in [-0.2, -0.15) is 0 Å². The number of hydrogen-bond acceptors (Lipinski definition) is 2. The smallest absolute Gasteiger partial charge is 0.169 e. The maximum atomic E-state index is 5.89. The molecule has 2 rings (SSSR count). The molecule has 0 aromatic heterocycles. The van der Waals surface area contributed by atoms with Crippen LogP contribution in [0.4, 0.5) is 0 Å². The highest BCUT2D eigenvalue weighted by molar-refractivity contribution is 9.10. The Balaban J connectivity index is 2.19. The first-order valence-electron chi connectivity index (χ1n) is 6.48. The third kappa shape index (κ3) is 3.90. The Morgan fingerprint density at radius 2 is 1.85 bits per heavy atom. The van der Waals surface area contributed by atoms with Gasteiger partial charge in [0.25, 0.3) is 0 Å². The minimum atomic E-state index is 0.469. The molecule has 2 aromatic carbocycles. The number of rotatable bonds is 6. The first-order valence-corrected chi connectivity index (χ1v) is 7.81. The summed E-state index contributed by atoms with van der Waals surface area (Å²) in [5.74, 6) is 2.69. The molecule has 0 N–H and O–H groups in total. The van der Waals surface area contributed by atoms with Crippen LogP contribution in [0.15, 0.2) is 46.9 Å². The van der Waals surface area contributed by atoms with Crippen molar-refractivity contribution in [1.29, 1.82) is 0 Å². The highest BCUT2D eigenvalue weighted by Gasteiger charge is 2.07. The van der Waals surface area contributed by atoms with Gasteiger partial charge >= 0.3 is 0 Å². The fourth-order valence-electron chi connectivity index (χ4n) is 1.69. The van der Waals surface area contributed by atoms with E-state index >= 15 is 0 Å². The zero-order valence-corrected chi connectivity index (χ0v) is 13.6. The molecule has 0 saturated heterocycles. The van der Waals surface area contributed by atoms with Crippen molar-refractivity contribution in [3.05, 3.63) is 52.5 Å². The second kappa shape index (κ2) is 7.55. The molecule has 2 aromatic rings. The Labute approximate surface area is 132 Å². The lowest BCUT2D eigenvalue weighted by Gasteiger charge is -2.12. The Kier molecular flexibility index (Phi) is 5.74. The summed E-state index contributed by atoms with van der Waals surface area (Å²) in [5, 5.41) is 0. The van der Waals surface area contributed by atoms with Gasteiger partial charge in [-0.1, -0.05) is 41.1 Å². The van der Waals surface area contributed by atoms with E-state index in [0.717, 1.165) is 28.0 Å². The predicted molar refractivity (Wildman–Crippen MR) is 86.0 cm³/mol. The SMILES string of the molecule is CCCOc1ccccc1Oc1ccc(CCl)c(Br)c1. The molecular formula is C16H16BrClO2. The quantitative estimate of drug-likeness (QED) is 0.612. The summed E-state index contributed by atoms with van der Waals surface area (Å²) >= 11 is 9.32. The zero-order chi connectivity index (χ0) is 14.4. The van der Waals surface area contributed by atoms with Gasteiger partial charge in [0.2, 0.25) is 0 Å². The van der Waals surface area contributed by atoms with Gasteiger partial charge in [-0.15, -0.1) is 11.6 Å². The highest BCUT2D eigenvalue weighted by atomic mass is 79.9. The normalized spacial score (nSPS) is 10.3. The highest BCUT2D eigenvalue weighted by Crippen LogP contribution is 2.33. The maximum absolute atomic E-state index is 5.89. The van der Waals surface area contributed by atoms with Crippen LogP contribution in [0.2, 0.25) is 0 Å². The molecule has 20 heavy (non-hydrogen) atoms. The van der Waals surface area contributed by atoms with Crippen molar-refractivity contribution < 1.29 is 9.47 Å². The van der Waals surface area contributed by atoms with Crippen molar-refractivity contribution >= 4 is 27.5 Å². The van der Waals surface area contributed by atoms with Crippen molar-refractivity contribution in [2.75, 3.05) is 6.61 Å². The van der Waals surface area contributed by atoms with Gasteiger partial charge < -0.3 is 9.47 Å². The van der Waals surface area contributed by atoms with Gasteiger partial charge in [-0.3, -0.25) is 0 Å². The third-order valence-corrected chi connectivity index (χ3v) is 3.73. The molecule has 0 bridgehead atoms. The predicted octanol–water partition coefficient (Wildman–Crippen LogP) is 5.77. The minimum absolute atomic E-state index is 0.469. The third-order valence-electron chi connectivity index (χ3n) is 2.71. The summed E-state index contributed by atoms with van der Waals surface area (Å²) < 4.78 is 12.5. The molecule has 0 heterocycles. The second-order valence-corrected chi connectivity index (χ2v) is 5.41. The minimum Gasteiger partial charge on any atom is -0.490 e. The first kappa shape index (κ1) is 15.2. The van der Waals surface area contributed by atoms with Crippen LogP contribution in [-0.2, 0) is 5.88 Å². The average molecular weight is 356 g/mol. The number of hydrogen-bond donors (Lipinski definition) is 0. The van der Waals surface area contributed by atoms with Gasteiger partial charge in [-0.25, -0.2) is 0 Å². The van der Waals surface area contributed by atoms with Gasteiger partial charge in [0.05, 0.1) is 6.61 Å². The van der Waals surface area contributed by atoms with Crippen LogP contribution in [0.1, 0.15) is 18.9 Å². The van der Waals surface area contributed by atoms with E-state index in [1.54, 1.807) is 0 Å². The Morgan fingerprint density at radius 1 is 1.10 bits per heavy atom. The number of ether oxygens (including phenoxy) is 2. The summed E-state index contributed by atoms with van der Waals surface area (Å²) in [4.78, 5) is 0. The Hall–Kier alpha value is -1.19. The molecule has 0 atom stereocenters. The summed E-state index contributed by atoms with van der Waals surface area (Å²) in [6.07, 6.45) is 0.963. The van der Waals surface area contributed by atoms with E-state index in [0.29, 0.717) is 18.2 Å². The number of halogens is 2. The lowest BCUT2D eigenvalue weighted by Crippen LogP contribution is -1.97. The average Bonchev–Trinajstić information content (AvgIpc) is 2.46. The van der Waals surface area contributed by atoms with Crippen LogP contribution in [0.25, 0.3) is 0 Å². The molecule has 0 amide bonds. The van der Waals surface area contributed by atoms with E-state index < -0.39 is 0 Å². The molecule has 0 saturated carbocycles. The van der Waals surface area contributed by atoms with E-state index in [9.17, 15) is 0 Å². The molecule has 0 fully saturated rings. The molecule has 0 aliphatic heterocycles. The van der Waals surface area contributed by atoms with Crippen LogP contribution in [0.5, 0.6) is 17.2 Å². The standard InChI is InChI=1S/C16H16BrClO2/c1-2-9-19-15-5-3-4-6-16(15)20-13-8-7-12(11-18)14(17)10-13/h3-8,10H,2,9,11H2,1H3. The molecule has 2 nitrogen and oxygen atoms in total. The largest absolute Gasteiger partial charge is 0.490 e. The number of alkyl halides is 1. The van der Waals surface area contributed by atoms with Crippen LogP contribution in [-0.4, -0.2) is 6.61 Å². The van der Waals surface area contributed by atoms with Crippen molar-refractivity contribution in [3.63, 3.8) is 0 Å². The van der Waals surface area contributed by atoms with Crippen molar-refractivity contribution in [2.24, 2.45) is 0 Å². The molecule has 0 spiro atoms. The molecule has 0 unspecified atom stereocenters. The first-order chi connectivity index (χ1) is 9.74. The molecular weight excluding hydrogens is 340 g/mol. The van der Waals surface area contributed by atoms with Crippen molar-refractivity contribution in [3.8, 4) is 17.2 Å². The van der Waals surface area contributed by atoms with Crippen LogP contribution in [0, 0.1) is 0 Å². The molecule has 0 radical (unpaired) electrons. The van der Waals surface area contributed by atoms with Gasteiger partial charge in [0.15, 0.2) is 11.5 Å². The Morgan fingerprint density at radius 3 is 2.50 bits per heavy atom. The van der Waals surface area contributed by atoms with Gasteiger partial charge in [-0.05, 0) is 36.2 Å². The fourth-order valence-corrected chi connectivity index (χ4v) is 2.59. The van der Waals surface area contributed by atoms with E-state index in [-0.39, 0.29) is 0 Å². The van der Waals surface area contributed by atoms with Crippen LogP contribution in [0.3, 0.4) is 0 Å². The molecule has 0 aliphatic rings. The van der Waals surface area contributed by atoms with Gasteiger partial charge in [0, 0.05) is 10.4 Å². The summed E-state index contributed by atoms with van der Waals surface area (Å²) in [6, 6.07) is 13.4. The monoisotopic (exact) mass is 354 g/mol. The van der Waals surface area contributed by atoms with E-state index in [4.69, 9.17) is 21.1 Å². The summed E-state index contributed by atoms with van der Waals surface area (Å²) in [6.45, 7) is 2.75.